The fraction of sp³-hybridized carbons (Fsp3) is 0.429. The molecule has 0 saturated carbocycles. The fourth-order valence-electron chi connectivity index (χ4n) is 2.83. The van der Waals surface area contributed by atoms with Gasteiger partial charge >= 0.3 is 0 Å². The number of anilines is 1. The van der Waals surface area contributed by atoms with Crippen LogP contribution in [0, 0.1) is 19.8 Å². The second-order valence-corrected chi connectivity index (χ2v) is 5.45. The van der Waals surface area contributed by atoms with Crippen molar-refractivity contribution < 1.29 is 9.59 Å². The molecule has 2 aliphatic rings. The number of benzene rings is 1. The molecule has 0 aliphatic carbocycles. The van der Waals surface area contributed by atoms with E-state index in [-0.39, 0.29) is 11.8 Å². The smallest absolute Gasteiger partial charge is 0.264 e. The van der Waals surface area contributed by atoms with Crippen LogP contribution in [-0.2, 0) is 9.59 Å². The van der Waals surface area contributed by atoms with Crippen LogP contribution in [0.25, 0.3) is 0 Å². The maximum Gasteiger partial charge on any atom is 0.264 e. The second-order valence-electron chi connectivity index (χ2n) is 5.45. The van der Waals surface area contributed by atoms with Gasteiger partial charge < -0.3 is 0 Å². The average Bonchev–Trinajstić information content (AvgIpc) is 2.77. The maximum absolute atomic E-state index is 12.5. The van der Waals surface area contributed by atoms with E-state index < -0.39 is 11.5 Å². The van der Waals surface area contributed by atoms with Gasteiger partial charge in [0, 0.05) is 0 Å². The predicted molar refractivity (Wildman–Crippen MR) is 70.0 cm³/mol. The van der Waals surface area contributed by atoms with Crippen LogP contribution in [0.4, 0.5) is 5.69 Å². The molecule has 5 nitrogen and oxygen atoms in total. The van der Waals surface area contributed by atoms with Gasteiger partial charge in [0.2, 0.25) is 5.91 Å². The van der Waals surface area contributed by atoms with Crippen LogP contribution < -0.4 is 4.90 Å². The SMILES string of the molecule is Cc1cc(C)cc(N2C(=O)[C@@H]3CN=N[C@]3(C)C2=O)c1. The van der Waals surface area contributed by atoms with E-state index in [1.54, 1.807) is 6.92 Å². The van der Waals surface area contributed by atoms with Crippen LogP contribution in [0.15, 0.2) is 28.4 Å². The van der Waals surface area contributed by atoms with Crippen molar-refractivity contribution in [2.75, 3.05) is 11.4 Å². The number of carbonyl (C=O) groups is 2. The summed E-state index contributed by atoms with van der Waals surface area (Å²) in [5, 5.41) is 7.85. The van der Waals surface area contributed by atoms with Crippen molar-refractivity contribution in [3.8, 4) is 0 Å². The quantitative estimate of drug-likeness (QED) is 0.722. The van der Waals surface area contributed by atoms with E-state index in [4.69, 9.17) is 0 Å². The first-order valence-electron chi connectivity index (χ1n) is 6.29. The molecular formula is C14H15N3O2. The van der Waals surface area contributed by atoms with Gasteiger partial charge in [-0.15, -0.1) is 0 Å². The molecule has 19 heavy (non-hydrogen) atoms. The van der Waals surface area contributed by atoms with Crippen molar-refractivity contribution in [2.24, 2.45) is 16.1 Å². The van der Waals surface area contributed by atoms with Gasteiger partial charge in [-0.25, -0.2) is 4.90 Å². The summed E-state index contributed by atoms with van der Waals surface area (Å²) in [6.07, 6.45) is 0. The number of carbonyl (C=O) groups excluding carboxylic acids is 2. The van der Waals surface area contributed by atoms with E-state index in [2.05, 4.69) is 10.2 Å². The highest BCUT2D eigenvalue weighted by Gasteiger charge is 2.59. The number of rotatable bonds is 1. The largest absolute Gasteiger partial charge is 0.274 e. The van der Waals surface area contributed by atoms with E-state index in [1.165, 1.54) is 4.90 Å². The summed E-state index contributed by atoms with van der Waals surface area (Å²) in [5.41, 5.74) is 1.69. The van der Waals surface area contributed by atoms with Gasteiger partial charge in [0.15, 0.2) is 5.54 Å². The molecule has 0 bridgehead atoms. The molecule has 1 aromatic carbocycles. The zero-order chi connectivity index (χ0) is 13.8. The highest BCUT2D eigenvalue weighted by atomic mass is 16.2. The average molecular weight is 257 g/mol. The van der Waals surface area contributed by atoms with Crippen molar-refractivity contribution in [3.05, 3.63) is 29.3 Å². The van der Waals surface area contributed by atoms with Crippen molar-refractivity contribution in [1.29, 1.82) is 0 Å². The van der Waals surface area contributed by atoms with Gasteiger partial charge in [-0.2, -0.15) is 10.2 Å². The Hall–Kier alpha value is -2.04. The lowest BCUT2D eigenvalue weighted by molar-refractivity contribution is -0.122. The van der Waals surface area contributed by atoms with Gasteiger partial charge in [0.25, 0.3) is 5.91 Å². The minimum absolute atomic E-state index is 0.192. The van der Waals surface area contributed by atoms with Crippen molar-refractivity contribution >= 4 is 17.5 Å². The molecule has 3 rings (SSSR count). The van der Waals surface area contributed by atoms with Crippen LogP contribution in [0.5, 0.6) is 0 Å². The molecule has 1 fully saturated rings. The van der Waals surface area contributed by atoms with Crippen molar-refractivity contribution in [1.82, 2.24) is 0 Å². The maximum atomic E-state index is 12.5. The van der Waals surface area contributed by atoms with Gasteiger partial charge in [0.05, 0.1) is 18.2 Å². The van der Waals surface area contributed by atoms with Crippen LogP contribution in [0.3, 0.4) is 0 Å². The number of aryl methyl sites for hydroxylation is 2. The molecule has 0 N–H and O–H groups in total. The summed E-state index contributed by atoms with van der Waals surface area (Å²) >= 11 is 0. The summed E-state index contributed by atoms with van der Waals surface area (Å²) in [7, 11) is 0. The standard InChI is InChI=1S/C14H15N3O2/c1-8-4-9(2)6-10(5-8)17-12(18)11-7-15-16-14(11,3)13(17)19/h4-6,11H,7H2,1-3H3/t11-,14-/m0/s1. The third kappa shape index (κ3) is 1.54. The third-order valence-electron chi connectivity index (χ3n) is 3.84. The molecule has 5 heteroatoms. The van der Waals surface area contributed by atoms with E-state index >= 15 is 0 Å². The van der Waals surface area contributed by atoms with Crippen LogP contribution >= 0.6 is 0 Å². The van der Waals surface area contributed by atoms with E-state index in [1.807, 2.05) is 32.0 Å². The van der Waals surface area contributed by atoms with Gasteiger partial charge in [0.1, 0.15) is 0 Å². The third-order valence-corrected chi connectivity index (χ3v) is 3.84. The van der Waals surface area contributed by atoms with E-state index in [9.17, 15) is 9.59 Å². The zero-order valence-corrected chi connectivity index (χ0v) is 11.2. The lowest BCUT2D eigenvalue weighted by atomic mass is 9.90. The number of imide groups is 1. The lowest BCUT2D eigenvalue weighted by Gasteiger charge is -2.18. The van der Waals surface area contributed by atoms with Crippen molar-refractivity contribution in [2.45, 2.75) is 26.3 Å². The Bertz CT molecular complexity index is 603. The van der Waals surface area contributed by atoms with Gasteiger partial charge in [-0.3, -0.25) is 9.59 Å². The highest BCUT2D eigenvalue weighted by molar-refractivity contribution is 6.25. The first-order chi connectivity index (χ1) is 8.93. The van der Waals surface area contributed by atoms with Gasteiger partial charge in [-0.05, 0) is 44.0 Å². The molecule has 0 unspecified atom stereocenters. The molecule has 2 amide bonds. The number of azo groups is 1. The first-order valence-corrected chi connectivity index (χ1v) is 6.29. The van der Waals surface area contributed by atoms with E-state index in [0.29, 0.717) is 12.2 Å². The minimum Gasteiger partial charge on any atom is -0.274 e. The Morgan fingerprint density at radius 1 is 1.21 bits per heavy atom. The topological polar surface area (TPSA) is 62.1 Å². The summed E-state index contributed by atoms with van der Waals surface area (Å²) in [6, 6.07) is 5.71. The van der Waals surface area contributed by atoms with Crippen LogP contribution in [-0.4, -0.2) is 23.9 Å². The molecule has 0 aromatic heterocycles. The predicted octanol–water partition coefficient (Wildman–Crippen LogP) is 2.02. The summed E-state index contributed by atoms with van der Waals surface area (Å²) in [6.45, 7) is 5.90. The van der Waals surface area contributed by atoms with Gasteiger partial charge in [-0.1, -0.05) is 6.07 Å². The Morgan fingerprint density at radius 3 is 2.42 bits per heavy atom. The number of hydrogen-bond acceptors (Lipinski definition) is 4. The number of fused-ring (bicyclic) bond motifs is 1. The monoisotopic (exact) mass is 257 g/mol. The molecular weight excluding hydrogens is 242 g/mol. The second kappa shape index (κ2) is 3.73. The Balaban J connectivity index is 2.09. The first kappa shape index (κ1) is 12.0. The van der Waals surface area contributed by atoms with Crippen LogP contribution in [0.1, 0.15) is 18.1 Å². The lowest BCUT2D eigenvalue weighted by Crippen LogP contribution is -2.37. The Labute approximate surface area is 111 Å². The normalized spacial score (nSPS) is 29.2. The Morgan fingerprint density at radius 2 is 1.84 bits per heavy atom. The highest BCUT2D eigenvalue weighted by Crippen LogP contribution is 2.40. The fourth-order valence-corrected chi connectivity index (χ4v) is 2.83. The summed E-state index contributed by atoms with van der Waals surface area (Å²) in [5.74, 6) is -0.905. The number of amides is 2. The van der Waals surface area contributed by atoms with Crippen molar-refractivity contribution in [3.63, 3.8) is 0 Å². The molecule has 2 atom stereocenters. The zero-order valence-electron chi connectivity index (χ0n) is 11.2. The molecule has 0 radical (unpaired) electrons. The number of nitrogens with zero attached hydrogens (tertiary/aromatic N) is 3. The summed E-state index contributed by atoms with van der Waals surface area (Å²) in [4.78, 5) is 26.2. The molecule has 2 aliphatic heterocycles. The summed E-state index contributed by atoms with van der Waals surface area (Å²) < 4.78 is 0. The Kier molecular flexibility index (Phi) is 2.36. The molecule has 1 aromatic rings. The molecule has 98 valence electrons. The van der Waals surface area contributed by atoms with E-state index in [0.717, 1.165) is 11.1 Å². The number of hydrogen-bond donors (Lipinski definition) is 0. The molecule has 0 spiro atoms. The minimum atomic E-state index is -1.01. The van der Waals surface area contributed by atoms with Crippen LogP contribution in [0.2, 0.25) is 0 Å². The molecule has 2 heterocycles. The molecule has 1 saturated heterocycles.